The molecule has 0 aliphatic rings. The number of nitrogens with one attached hydrogen (secondary N) is 1. The molecule has 0 radical (unpaired) electrons. The van der Waals surface area contributed by atoms with Crippen LogP contribution < -0.4 is 11.1 Å². The maximum Gasteiger partial charge on any atom is 0.320 e. The molecule has 2 rings (SSSR count). The molecule has 0 aliphatic heterocycles. The van der Waals surface area contributed by atoms with Gasteiger partial charge in [-0.2, -0.15) is 10.2 Å². The first-order valence-electron chi connectivity index (χ1n) is 5.51. The summed E-state index contributed by atoms with van der Waals surface area (Å²) in [7, 11) is 0. The first-order chi connectivity index (χ1) is 10.4. The molecule has 3 N–H and O–H groups in total. The summed E-state index contributed by atoms with van der Waals surface area (Å²) in [6, 6.07) is 3.01. The van der Waals surface area contributed by atoms with E-state index in [0.717, 1.165) is 6.20 Å². The van der Waals surface area contributed by atoms with Gasteiger partial charge in [-0.25, -0.2) is 4.98 Å². The van der Waals surface area contributed by atoms with Gasteiger partial charge in [0.15, 0.2) is 5.03 Å². The van der Waals surface area contributed by atoms with Crippen LogP contribution in [0, 0.1) is 20.8 Å². The van der Waals surface area contributed by atoms with Crippen LogP contribution in [0.1, 0.15) is 0 Å². The van der Waals surface area contributed by atoms with Crippen LogP contribution in [0.4, 0.5) is 23.0 Å². The smallest absolute Gasteiger partial charge is 0.320 e. The van der Waals surface area contributed by atoms with Crippen LogP contribution >= 0.6 is 35.0 Å². The van der Waals surface area contributed by atoms with Crippen molar-refractivity contribution in [2.24, 2.45) is 0 Å². The number of nitriles is 1. The average molecular weight is 357 g/mol. The summed E-state index contributed by atoms with van der Waals surface area (Å²) >= 11 is 12.4. The molecule has 0 spiro atoms. The number of nitrogens with two attached hydrogens (primary N) is 1. The Morgan fingerprint density at radius 3 is 2.59 bits per heavy atom. The first kappa shape index (κ1) is 16.1. The van der Waals surface area contributed by atoms with E-state index in [1.165, 1.54) is 12.1 Å². The van der Waals surface area contributed by atoms with Crippen molar-refractivity contribution < 1.29 is 4.92 Å². The van der Waals surface area contributed by atoms with E-state index in [1.54, 1.807) is 5.40 Å². The highest BCUT2D eigenvalue weighted by atomic mass is 35.5. The number of rotatable bonds is 4. The SMILES string of the molecule is N#CSc1nc(Nc2cc(Cl)c(N)c(Cl)c2)ncc1[N+](=O)[O-]. The number of thioether (sulfide) groups is 1. The predicted molar refractivity (Wildman–Crippen MR) is 84.3 cm³/mol. The number of nitrogen functional groups attached to an aromatic ring is 1. The van der Waals surface area contributed by atoms with Gasteiger partial charge in [0.05, 0.1) is 20.7 Å². The van der Waals surface area contributed by atoms with Crippen LogP contribution in [-0.2, 0) is 0 Å². The van der Waals surface area contributed by atoms with Gasteiger partial charge in [0.25, 0.3) is 0 Å². The maximum absolute atomic E-state index is 10.8. The van der Waals surface area contributed by atoms with Gasteiger partial charge in [0.1, 0.15) is 11.6 Å². The third-order valence-corrected chi connectivity index (χ3v) is 3.62. The Balaban J connectivity index is 2.36. The zero-order chi connectivity index (χ0) is 16.3. The van der Waals surface area contributed by atoms with Gasteiger partial charge in [-0.05, 0) is 12.1 Å². The summed E-state index contributed by atoms with van der Waals surface area (Å²) in [6.07, 6.45) is 1.01. The van der Waals surface area contributed by atoms with Crippen LogP contribution in [0.15, 0.2) is 23.4 Å². The molecule has 0 saturated carbocycles. The van der Waals surface area contributed by atoms with E-state index in [4.69, 9.17) is 34.2 Å². The summed E-state index contributed by atoms with van der Waals surface area (Å²) in [5.41, 5.74) is 5.95. The number of thiocyanates is 1. The van der Waals surface area contributed by atoms with Crippen molar-refractivity contribution in [2.75, 3.05) is 11.1 Å². The minimum atomic E-state index is -0.666. The summed E-state index contributed by atoms with van der Waals surface area (Å²) in [5, 5.41) is 24.4. The van der Waals surface area contributed by atoms with E-state index >= 15 is 0 Å². The number of nitrogens with zero attached hydrogens (tertiary/aromatic N) is 4. The number of benzene rings is 1. The molecule has 22 heavy (non-hydrogen) atoms. The highest BCUT2D eigenvalue weighted by Gasteiger charge is 2.18. The summed E-state index contributed by atoms with van der Waals surface area (Å²) in [4.78, 5) is 17.9. The summed E-state index contributed by atoms with van der Waals surface area (Å²) in [6.45, 7) is 0. The Hall–Kier alpha value is -2.28. The predicted octanol–water partition coefficient (Wildman–Crippen LogP) is 3.59. The molecule has 2 aromatic rings. The third kappa shape index (κ3) is 3.48. The molecule has 1 aromatic carbocycles. The van der Waals surface area contributed by atoms with Gasteiger partial charge in [0.2, 0.25) is 5.95 Å². The van der Waals surface area contributed by atoms with E-state index in [2.05, 4.69) is 15.3 Å². The van der Waals surface area contributed by atoms with Gasteiger partial charge in [-0.15, -0.1) is 0 Å². The molecule has 0 unspecified atom stereocenters. The van der Waals surface area contributed by atoms with Crippen LogP contribution in [-0.4, -0.2) is 14.9 Å². The monoisotopic (exact) mass is 356 g/mol. The normalized spacial score (nSPS) is 10.0. The molecule has 1 heterocycles. The minimum Gasteiger partial charge on any atom is -0.396 e. The molecule has 1 aromatic heterocycles. The molecule has 8 nitrogen and oxygen atoms in total. The van der Waals surface area contributed by atoms with E-state index in [1.807, 2.05) is 0 Å². The Kier molecular flexibility index (Phi) is 4.87. The Labute approximate surface area is 138 Å². The number of anilines is 3. The van der Waals surface area contributed by atoms with E-state index in [0.29, 0.717) is 17.4 Å². The molecule has 0 amide bonds. The first-order valence-corrected chi connectivity index (χ1v) is 7.08. The minimum absolute atomic E-state index is 0.0558. The fraction of sp³-hybridized carbons (Fsp3) is 0. The van der Waals surface area contributed by atoms with Crippen LogP contribution in [0.5, 0.6) is 0 Å². The lowest BCUT2D eigenvalue weighted by atomic mass is 10.3. The largest absolute Gasteiger partial charge is 0.396 e. The lowest BCUT2D eigenvalue weighted by Gasteiger charge is -2.08. The lowest BCUT2D eigenvalue weighted by Crippen LogP contribution is -2.01. The summed E-state index contributed by atoms with van der Waals surface area (Å²) in [5.74, 6) is 0.0558. The molecule has 112 valence electrons. The van der Waals surface area contributed by atoms with Crippen LogP contribution in [0.25, 0.3) is 0 Å². The van der Waals surface area contributed by atoms with E-state index < -0.39 is 4.92 Å². The van der Waals surface area contributed by atoms with Gasteiger partial charge >= 0.3 is 5.69 Å². The quantitative estimate of drug-likeness (QED) is 0.212. The van der Waals surface area contributed by atoms with Gasteiger partial charge in [-0.1, -0.05) is 23.2 Å². The topological polar surface area (TPSA) is 131 Å². The Bertz CT molecular complexity index is 772. The number of halogens is 2. The molecule has 0 atom stereocenters. The Morgan fingerprint density at radius 1 is 1.41 bits per heavy atom. The number of hydrogen-bond acceptors (Lipinski definition) is 8. The fourth-order valence-corrected chi connectivity index (χ4v) is 2.39. The second-order valence-electron chi connectivity index (χ2n) is 3.81. The van der Waals surface area contributed by atoms with E-state index in [-0.39, 0.29) is 32.4 Å². The maximum atomic E-state index is 10.8. The molecule has 0 fully saturated rings. The van der Waals surface area contributed by atoms with Gasteiger partial charge in [0, 0.05) is 17.4 Å². The highest BCUT2D eigenvalue weighted by Crippen LogP contribution is 2.33. The number of aromatic nitrogens is 2. The zero-order valence-corrected chi connectivity index (χ0v) is 12.9. The lowest BCUT2D eigenvalue weighted by molar-refractivity contribution is -0.388. The van der Waals surface area contributed by atoms with Crippen molar-refractivity contribution >= 4 is 58.0 Å². The third-order valence-electron chi connectivity index (χ3n) is 2.41. The van der Waals surface area contributed by atoms with E-state index in [9.17, 15) is 10.1 Å². The second-order valence-corrected chi connectivity index (χ2v) is 5.40. The fourth-order valence-electron chi connectivity index (χ4n) is 1.45. The molecule has 0 aliphatic carbocycles. The van der Waals surface area contributed by atoms with Crippen molar-refractivity contribution in [3.8, 4) is 5.40 Å². The summed E-state index contributed by atoms with van der Waals surface area (Å²) < 4.78 is 0. The zero-order valence-electron chi connectivity index (χ0n) is 10.6. The molecular formula is C11H6Cl2N6O2S. The van der Waals surface area contributed by atoms with Crippen molar-refractivity contribution in [1.82, 2.24) is 9.97 Å². The van der Waals surface area contributed by atoms with Crippen LogP contribution in [0.3, 0.4) is 0 Å². The van der Waals surface area contributed by atoms with Crippen molar-refractivity contribution in [1.29, 1.82) is 5.26 Å². The van der Waals surface area contributed by atoms with Crippen molar-refractivity contribution in [2.45, 2.75) is 5.03 Å². The standard InChI is InChI=1S/C11H6Cl2N6O2S/c12-6-1-5(2-7(13)9(6)15)17-11-16-3-8(19(20)21)10(18-11)22-4-14/h1-3H,15H2,(H,16,17,18). The average Bonchev–Trinajstić information content (AvgIpc) is 2.45. The van der Waals surface area contributed by atoms with Gasteiger partial charge < -0.3 is 11.1 Å². The van der Waals surface area contributed by atoms with Crippen LogP contribution in [0.2, 0.25) is 10.0 Å². The molecular weight excluding hydrogens is 351 g/mol. The van der Waals surface area contributed by atoms with Crippen molar-refractivity contribution in [3.63, 3.8) is 0 Å². The molecule has 0 saturated heterocycles. The Morgan fingerprint density at radius 2 is 2.05 bits per heavy atom. The number of hydrogen-bond donors (Lipinski definition) is 2. The van der Waals surface area contributed by atoms with Gasteiger partial charge in [-0.3, -0.25) is 10.1 Å². The number of nitro groups is 1. The molecule has 0 bridgehead atoms. The highest BCUT2D eigenvalue weighted by molar-refractivity contribution is 8.03. The van der Waals surface area contributed by atoms with Crippen molar-refractivity contribution in [3.05, 3.63) is 38.5 Å². The molecule has 11 heteroatoms. The second kappa shape index (κ2) is 6.65.